The van der Waals surface area contributed by atoms with Gasteiger partial charge >= 0.3 is 0 Å². The van der Waals surface area contributed by atoms with Gasteiger partial charge in [-0.25, -0.2) is 14.4 Å². The summed E-state index contributed by atoms with van der Waals surface area (Å²) in [5, 5.41) is 12.9. The number of Topliss-reactive ketones (excluding diaryl/α,β-unsaturated/α-hetero) is 1. The number of anilines is 1. The lowest BCUT2D eigenvalue weighted by Crippen LogP contribution is -2.52. The number of aromatic nitrogens is 2. The second kappa shape index (κ2) is 11.0. The molecule has 4 aliphatic rings. The van der Waals surface area contributed by atoms with Crippen LogP contribution < -0.4 is 5.32 Å². The largest absolute Gasteiger partial charge is 0.393 e. The van der Waals surface area contributed by atoms with E-state index in [1.54, 1.807) is 19.2 Å². The van der Waals surface area contributed by atoms with Gasteiger partial charge in [-0.05, 0) is 92.2 Å². The topological polar surface area (TPSA) is 101 Å². The molecule has 3 heterocycles. The molecule has 0 radical (unpaired) electrons. The summed E-state index contributed by atoms with van der Waals surface area (Å²) < 4.78 is 21.7. The van der Waals surface area contributed by atoms with Crippen LogP contribution >= 0.6 is 23.2 Å². The monoisotopic (exact) mass is 631 g/mol. The Morgan fingerprint density at radius 1 is 1.12 bits per heavy atom. The molecular formula is C33H40Cl2FN3O4. The maximum atomic E-state index is 16.1. The summed E-state index contributed by atoms with van der Waals surface area (Å²) in [6.07, 6.45) is 8.34. The second-order valence-corrected chi connectivity index (χ2v) is 14.9. The van der Waals surface area contributed by atoms with Gasteiger partial charge in [0.15, 0.2) is 11.0 Å². The third-order valence-corrected chi connectivity index (χ3v) is 12.1. The van der Waals surface area contributed by atoms with Crippen molar-refractivity contribution in [3.05, 3.63) is 51.6 Å². The molecule has 1 aliphatic heterocycles. The molecule has 7 nitrogen and oxygen atoms in total. The maximum absolute atomic E-state index is 16.1. The van der Waals surface area contributed by atoms with Crippen LogP contribution in [0.1, 0.15) is 95.1 Å². The molecule has 0 bridgehead atoms. The minimum Gasteiger partial charge on any atom is -0.393 e. The Kier molecular flexibility index (Phi) is 7.93. The third-order valence-electron chi connectivity index (χ3n) is 11.6. The zero-order chi connectivity index (χ0) is 30.8. The fourth-order valence-corrected chi connectivity index (χ4v) is 9.35. The van der Waals surface area contributed by atoms with E-state index < -0.39 is 34.1 Å². The summed E-state index contributed by atoms with van der Waals surface area (Å²) in [7, 11) is 1.62. The van der Waals surface area contributed by atoms with Crippen molar-refractivity contribution in [2.45, 2.75) is 95.0 Å². The van der Waals surface area contributed by atoms with Gasteiger partial charge < -0.3 is 15.2 Å². The quantitative estimate of drug-likeness (QED) is 0.332. The average Bonchev–Trinajstić information content (AvgIpc) is 3.44. The fraction of sp³-hybridized carbons (Fsp3) is 0.636. The lowest BCUT2D eigenvalue weighted by atomic mass is 9.51. The number of amides is 1. The number of aliphatic hydroxyl groups is 1. The standard InChI is InChI=1S/C33H40Cl2FN3O4/c1-30(2)11-13-31(14-12-30)17-21(23(41)16-19-6-9-32(18-40,43-3)10-7-19)25(20-8-15-37-27(35)26(20)36)33(31)22-4-5-24(34)38-28(22)39-29(33)42/h4-5,8,15,19,21,25,40H,6-7,9-14,16-18H2,1-3H3,(H,38,39,42)/t19?,21-,25-,32?,33+/m0/s1. The van der Waals surface area contributed by atoms with Crippen molar-refractivity contribution in [2.75, 3.05) is 19.0 Å². The summed E-state index contributed by atoms with van der Waals surface area (Å²) in [4.78, 5) is 37.5. The molecule has 1 amide bonds. The summed E-state index contributed by atoms with van der Waals surface area (Å²) in [6.45, 7) is 4.43. The van der Waals surface area contributed by atoms with Gasteiger partial charge in [-0.1, -0.05) is 43.1 Å². The molecule has 43 heavy (non-hydrogen) atoms. The Morgan fingerprint density at radius 3 is 2.47 bits per heavy atom. The molecule has 3 atom stereocenters. The third kappa shape index (κ3) is 4.82. The minimum absolute atomic E-state index is 0.0421. The molecule has 3 saturated carbocycles. The molecule has 2 aromatic rings. The zero-order valence-electron chi connectivity index (χ0n) is 25.0. The number of ether oxygens (including phenoxy) is 1. The van der Waals surface area contributed by atoms with Crippen LogP contribution in [0.3, 0.4) is 0 Å². The van der Waals surface area contributed by atoms with E-state index in [0.29, 0.717) is 37.1 Å². The Hall–Kier alpha value is -2.13. The first kappa shape index (κ1) is 30.9. The molecule has 3 aliphatic carbocycles. The van der Waals surface area contributed by atoms with Crippen LogP contribution in [0.15, 0.2) is 24.4 Å². The van der Waals surface area contributed by atoms with E-state index in [4.69, 9.17) is 27.9 Å². The number of aliphatic hydroxyl groups excluding tert-OH is 1. The van der Waals surface area contributed by atoms with E-state index >= 15 is 4.39 Å². The molecule has 0 unspecified atom stereocenters. The van der Waals surface area contributed by atoms with Gasteiger partial charge in [-0.2, -0.15) is 0 Å². The Balaban J connectivity index is 1.48. The van der Waals surface area contributed by atoms with Crippen LogP contribution in [0.25, 0.3) is 0 Å². The number of hydrogen-bond acceptors (Lipinski definition) is 6. The Morgan fingerprint density at radius 2 is 1.81 bits per heavy atom. The van der Waals surface area contributed by atoms with Crippen molar-refractivity contribution in [2.24, 2.45) is 22.7 Å². The lowest BCUT2D eigenvalue weighted by Gasteiger charge is -2.50. The van der Waals surface area contributed by atoms with Gasteiger partial charge in [-0.15, -0.1) is 0 Å². The average molecular weight is 633 g/mol. The molecule has 2 spiro atoms. The molecule has 2 aromatic heterocycles. The number of fused-ring (bicyclic) bond motifs is 3. The number of ketones is 1. The van der Waals surface area contributed by atoms with Crippen LogP contribution in [0.2, 0.25) is 10.3 Å². The summed E-state index contributed by atoms with van der Waals surface area (Å²) in [6, 6.07) is 5.10. The van der Waals surface area contributed by atoms with E-state index in [2.05, 4.69) is 29.1 Å². The number of pyridine rings is 2. The summed E-state index contributed by atoms with van der Waals surface area (Å²) in [5.41, 5.74) is -1.35. The van der Waals surface area contributed by atoms with Gasteiger partial charge in [0.25, 0.3) is 0 Å². The van der Waals surface area contributed by atoms with Crippen LogP contribution in [-0.4, -0.2) is 46.1 Å². The van der Waals surface area contributed by atoms with Gasteiger partial charge in [0, 0.05) is 37.1 Å². The summed E-state index contributed by atoms with van der Waals surface area (Å²) >= 11 is 12.5. The van der Waals surface area contributed by atoms with Crippen molar-refractivity contribution >= 4 is 40.7 Å². The van der Waals surface area contributed by atoms with E-state index in [0.717, 1.165) is 38.5 Å². The number of carbonyl (C=O) groups excluding carboxylic acids is 2. The number of nitrogens with one attached hydrogen (secondary N) is 1. The van der Waals surface area contributed by atoms with Crippen LogP contribution in [0.4, 0.5) is 10.2 Å². The molecule has 232 valence electrons. The Labute approximate surface area is 262 Å². The minimum atomic E-state index is -1.23. The highest BCUT2D eigenvalue weighted by Crippen LogP contribution is 2.72. The van der Waals surface area contributed by atoms with Crippen LogP contribution in [0.5, 0.6) is 0 Å². The van der Waals surface area contributed by atoms with Gasteiger partial charge in [0.2, 0.25) is 5.91 Å². The van der Waals surface area contributed by atoms with Crippen molar-refractivity contribution in [1.82, 2.24) is 9.97 Å². The van der Waals surface area contributed by atoms with Crippen molar-refractivity contribution in [3.8, 4) is 0 Å². The maximum Gasteiger partial charge on any atom is 0.237 e. The van der Waals surface area contributed by atoms with E-state index in [9.17, 15) is 14.7 Å². The Bertz CT molecular complexity index is 1430. The lowest BCUT2D eigenvalue weighted by molar-refractivity contribution is -0.127. The summed E-state index contributed by atoms with van der Waals surface area (Å²) in [5.74, 6) is -1.79. The molecule has 0 saturated heterocycles. The van der Waals surface area contributed by atoms with E-state index in [1.807, 2.05) is 6.07 Å². The number of methoxy groups -OCH3 is 1. The number of halogens is 3. The van der Waals surface area contributed by atoms with E-state index in [-0.39, 0.29) is 45.5 Å². The van der Waals surface area contributed by atoms with Gasteiger partial charge in [0.1, 0.15) is 16.8 Å². The van der Waals surface area contributed by atoms with Crippen LogP contribution in [-0.2, 0) is 19.7 Å². The number of rotatable bonds is 6. The fourth-order valence-electron chi connectivity index (χ4n) is 9.04. The number of hydrogen-bond donors (Lipinski definition) is 2. The second-order valence-electron chi connectivity index (χ2n) is 14.2. The molecule has 3 fully saturated rings. The SMILES string of the molecule is COC1(CO)CCC(CC(=O)[C@@H]2CC3(CCC(C)(C)CC3)[C@@]3(C(=O)Nc4nc(Cl)ccc43)[C@H]2c2ccnc(Cl)c2F)CC1. The van der Waals surface area contributed by atoms with E-state index in [1.165, 1.54) is 6.20 Å². The highest BCUT2D eigenvalue weighted by atomic mass is 35.5. The molecule has 0 aromatic carbocycles. The van der Waals surface area contributed by atoms with Crippen LogP contribution in [0, 0.1) is 28.5 Å². The highest BCUT2D eigenvalue weighted by Gasteiger charge is 2.72. The highest BCUT2D eigenvalue weighted by molar-refractivity contribution is 6.30. The smallest absolute Gasteiger partial charge is 0.237 e. The predicted molar refractivity (Wildman–Crippen MR) is 163 cm³/mol. The first-order chi connectivity index (χ1) is 20.4. The van der Waals surface area contributed by atoms with Gasteiger partial charge in [0.05, 0.1) is 17.6 Å². The zero-order valence-corrected chi connectivity index (χ0v) is 26.5. The predicted octanol–water partition coefficient (Wildman–Crippen LogP) is 7.03. The number of carbonyl (C=O) groups is 2. The molecule has 2 N–H and O–H groups in total. The van der Waals surface area contributed by atoms with Crippen molar-refractivity contribution < 1.29 is 23.8 Å². The normalized spacial score (nSPS) is 32.6. The molecular weight excluding hydrogens is 592 g/mol. The first-order valence-electron chi connectivity index (χ1n) is 15.4. The van der Waals surface area contributed by atoms with Gasteiger partial charge in [-0.3, -0.25) is 9.59 Å². The molecule has 6 rings (SSSR count). The van der Waals surface area contributed by atoms with Crippen molar-refractivity contribution in [3.63, 3.8) is 0 Å². The van der Waals surface area contributed by atoms with Crippen molar-refractivity contribution in [1.29, 1.82) is 0 Å². The molecule has 10 heteroatoms. The first-order valence-corrected chi connectivity index (χ1v) is 16.1. The number of nitrogens with zero attached hydrogens (tertiary/aromatic N) is 2.